The van der Waals surface area contributed by atoms with Crippen LogP contribution in [-0.4, -0.2) is 32.7 Å². The summed E-state index contributed by atoms with van der Waals surface area (Å²) in [6.07, 6.45) is 0.554. The van der Waals surface area contributed by atoms with Crippen LogP contribution < -0.4 is 5.32 Å². The van der Waals surface area contributed by atoms with E-state index in [2.05, 4.69) is 20.4 Å². The van der Waals surface area contributed by atoms with Crippen LogP contribution in [0.2, 0.25) is 0 Å². The number of nitrogens with zero attached hydrogens (tertiary/aromatic N) is 3. The van der Waals surface area contributed by atoms with E-state index in [1.54, 1.807) is 13.8 Å². The first kappa shape index (κ1) is 13.0. The number of rotatable bonds is 5. The molecule has 0 saturated heterocycles. The highest BCUT2D eigenvalue weighted by Crippen LogP contribution is 2.10. The van der Waals surface area contributed by atoms with Gasteiger partial charge in [-0.05, 0) is 26.0 Å². The molecule has 19 heavy (non-hydrogen) atoms. The Labute approximate surface area is 109 Å². The Hall–Kier alpha value is -2.44. The van der Waals surface area contributed by atoms with E-state index < -0.39 is 5.97 Å². The van der Waals surface area contributed by atoms with Crippen molar-refractivity contribution in [2.45, 2.75) is 20.3 Å². The standard InChI is InChI=1S/C12H14N4O3/c1-7-5-9(12(17)18)6-10(14-7)13-4-3-11-15-8(2)16-19-11/h5-6H,3-4H2,1-2H3,(H,13,14)(H,17,18). The molecule has 2 rings (SSSR count). The predicted molar refractivity (Wildman–Crippen MR) is 67.2 cm³/mol. The molecule has 0 aliphatic carbocycles. The minimum atomic E-state index is -0.971. The maximum Gasteiger partial charge on any atom is 0.335 e. The van der Waals surface area contributed by atoms with Crippen molar-refractivity contribution in [1.82, 2.24) is 15.1 Å². The van der Waals surface area contributed by atoms with Gasteiger partial charge in [-0.15, -0.1) is 0 Å². The summed E-state index contributed by atoms with van der Waals surface area (Å²) in [6, 6.07) is 3.02. The summed E-state index contributed by atoms with van der Waals surface area (Å²) in [5, 5.41) is 15.7. The number of hydrogen-bond donors (Lipinski definition) is 2. The number of anilines is 1. The molecule has 2 aromatic rings. The third kappa shape index (κ3) is 3.51. The van der Waals surface area contributed by atoms with Gasteiger partial charge in [0.15, 0.2) is 5.82 Å². The van der Waals surface area contributed by atoms with Gasteiger partial charge in [-0.1, -0.05) is 5.16 Å². The fraction of sp³-hybridized carbons (Fsp3) is 0.333. The number of aryl methyl sites for hydroxylation is 2. The van der Waals surface area contributed by atoms with Crippen molar-refractivity contribution in [3.8, 4) is 0 Å². The molecule has 7 nitrogen and oxygen atoms in total. The molecule has 2 aromatic heterocycles. The highest BCUT2D eigenvalue weighted by molar-refractivity contribution is 5.88. The predicted octanol–water partition coefficient (Wildman–Crippen LogP) is 1.43. The van der Waals surface area contributed by atoms with Gasteiger partial charge < -0.3 is 14.9 Å². The maximum absolute atomic E-state index is 10.9. The van der Waals surface area contributed by atoms with Gasteiger partial charge in [0.05, 0.1) is 5.56 Å². The van der Waals surface area contributed by atoms with Crippen LogP contribution >= 0.6 is 0 Å². The lowest BCUT2D eigenvalue weighted by Gasteiger charge is -2.06. The average Bonchev–Trinajstić information content (AvgIpc) is 2.74. The Morgan fingerprint density at radius 1 is 1.37 bits per heavy atom. The lowest BCUT2D eigenvalue weighted by molar-refractivity contribution is 0.0696. The Kier molecular flexibility index (Phi) is 3.74. The third-order valence-electron chi connectivity index (χ3n) is 2.41. The normalized spacial score (nSPS) is 10.4. The molecular weight excluding hydrogens is 248 g/mol. The SMILES string of the molecule is Cc1cc(C(=O)O)cc(NCCc2nc(C)no2)n1. The van der Waals surface area contributed by atoms with Crippen molar-refractivity contribution in [3.63, 3.8) is 0 Å². The van der Waals surface area contributed by atoms with Crippen molar-refractivity contribution in [3.05, 3.63) is 35.1 Å². The Balaban J connectivity index is 1.97. The molecule has 0 aliphatic heterocycles. The molecule has 0 aliphatic rings. The van der Waals surface area contributed by atoms with Crippen molar-refractivity contribution in [1.29, 1.82) is 0 Å². The summed E-state index contributed by atoms with van der Waals surface area (Å²) < 4.78 is 4.97. The Bertz CT molecular complexity index is 594. The molecule has 0 radical (unpaired) electrons. The summed E-state index contributed by atoms with van der Waals surface area (Å²) in [6.45, 7) is 4.04. The van der Waals surface area contributed by atoms with Crippen LogP contribution in [0.1, 0.15) is 27.8 Å². The first-order chi connectivity index (χ1) is 9.04. The third-order valence-corrected chi connectivity index (χ3v) is 2.41. The van der Waals surface area contributed by atoms with E-state index in [-0.39, 0.29) is 5.56 Å². The largest absolute Gasteiger partial charge is 0.478 e. The molecule has 0 spiro atoms. The van der Waals surface area contributed by atoms with E-state index in [4.69, 9.17) is 9.63 Å². The minimum Gasteiger partial charge on any atom is -0.478 e. The molecule has 2 heterocycles. The maximum atomic E-state index is 10.9. The van der Waals surface area contributed by atoms with Gasteiger partial charge in [0.2, 0.25) is 5.89 Å². The molecule has 0 atom stereocenters. The number of carboxylic acids is 1. The van der Waals surface area contributed by atoms with Gasteiger partial charge in [0.1, 0.15) is 5.82 Å². The number of aromatic nitrogens is 3. The van der Waals surface area contributed by atoms with Crippen molar-refractivity contribution < 1.29 is 14.4 Å². The van der Waals surface area contributed by atoms with Gasteiger partial charge in [0, 0.05) is 18.7 Å². The molecule has 7 heteroatoms. The highest BCUT2D eigenvalue weighted by atomic mass is 16.5. The molecule has 100 valence electrons. The lowest BCUT2D eigenvalue weighted by Crippen LogP contribution is -2.08. The summed E-state index contributed by atoms with van der Waals surface area (Å²) in [5.74, 6) is 0.683. The fourth-order valence-electron chi connectivity index (χ4n) is 1.62. The van der Waals surface area contributed by atoms with Crippen molar-refractivity contribution in [2.24, 2.45) is 0 Å². The smallest absolute Gasteiger partial charge is 0.335 e. The van der Waals surface area contributed by atoms with Crippen LogP contribution in [0, 0.1) is 13.8 Å². The zero-order chi connectivity index (χ0) is 13.8. The van der Waals surface area contributed by atoms with Crippen molar-refractivity contribution in [2.75, 3.05) is 11.9 Å². The molecule has 0 unspecified atom stereocenters. The van der Waals surface area contributed by atoms with Crippen LogP contribution in [0.3, 0.4) is 0 Å². The fourth-order valence-corrected chi connectivity index (χ4v) is 1.62. The van der Waals surface area contributed by atoms with E-state index in [1.807, 2.05) is 0 Å². The second-order valence-electron chi connectivity index (χ2n) is 4.10. The van der Waals surface area contributed by atoms with Crippen LogP contribution in [0.25, 0.3) is 0 Å². The van der Waals surface area contributed by atoms with E-state index in [0.717, 1.165) is 0 Å². The highest BCUT2D eigenvalue weighted by Gasteiger charge is 2.07. The summed E-state index contributed by atoms with van der Waals surface area (Å²) >= 11 is 0. The number of carbonyl (C=O) groups is 1. The van der Waals surface area contributed by atoms with E-state index >= 15 is 0 Å². The molecule has 2 N–H and O–H groups in total. The number of nitrogens with one attached hydrogen (secondary N) is 1. The van der Waals surface area contributed by atoms with Gasteiger partial charge >= 0.3 is 5.97 Å². The Morgan fingerprint density at radius 3 is 2.79 bits per heavy atom. The summed E-state index contributed by atoms with van der Waals surface area (Å²) in [7, 11) is 0. The first-order valence-electron chi connectivity index (χ1n) is 5.79. The van der Waals surface area contributed by atoms with Crippen LogP contribution in [-0.2, 0) is 6.42 Å². The second kappa shape index (κ2) is 5.47. The molecule has 0 aromatic carbocycles. The van der Waals surface area contributed by atoms with E-state index in [0.29, 0.717) is 36.2 Å². The second-order valence-corrected chi connectivity index (χ2v) is 4.10. The number of pyridine rings is 1. The van der Waals surface area contributed by atoms with Crippen LogP contribution in [0.5, 0.6) is 0 Å². The van der Waals surface area contributed by atoms with Crippen LogP contribution in [0.15, 0.2) is 16.7 Å². The quantitative estimate of drug-likeness (QED) is 0.840. The van der Waals surface area contributed by atoms with Gasteiger partial charge in [-0.2, -0.15) is 4.98 Å². The van der Waals surface area contributed by atoms with Crippen LogP contribution in [0.4, 0.5) is 5.82 Å². The zero-order valence-electron chi connectivity index (χ0n) is 10.7. The van der Waals surface area contributed by atoms with E-state index in [9.17, 15) is 4.79 Å². The number of carboxylic acid groups (broad SMARTS) is 1. The van der Waals surface area contributed by atoms with Gasteiger partial charge in [-0.3, -0.25) is 0 Å². The Morgan fingerprint density at radius 2 is 2.16 bits per heavy atom. The summed E-state index contributed by atoms with van der Waals surface area (Å²) in [4.78, 5) is 19.2. The topological polar surface area (TPSA) is 101 Å². The minimum absolute atomic E-state index is 0.212. The van der Waals surface area contributed by atoms with Crippen molar-refractivity contribution >= 4 is 11.8 Å². The molecule has 0 fully saturated rings. The first-order valence-corrected chi connectivity index (χ1v) is 5.79. The average molecular weight is 262 g/mol. The number of aromatic carboxylic acids is 1. The van der Waals surface area contributed by atoms with Gasteiger partial charge in [-0.25, -0.2) is 9.78 Å². The van der Waals surface area contributed by atoms with Gasteiger partial charge in [0.25, 0.3) is 0 Å². The summed E-state index contributed by atoms with van der Waals surface area (Å²) in [5.41, 5.74) is 0.861. The monoisotopic (exact) mass is 262 g/mol. The molecule has 0 bridgehead atoms. The van der Waals surface area contributed by atoms with E-state index in [1.165, 1.54) is 12.1 Å². The lowest BCUT2D eigenvalue weighted by atomic mass is 10.2. The molecule has 0 amide bonds. The number of hydrogen-bond acceptors (Lipinski definition) is 6. The molecule has 0 saturated carbocycles. The molecular formula is C12H14N4O3. The zero-order valence-corrected chi connectivity index (χ0v) is 10.7.